The van der Waals surface area contributed by atoms with E-state index in [1.54, 1.807) is 6.92 Å². The van der Waals surface area contributed by atoms with Crippen LogP contribution < -0.4 is 11.1 Å². The molecular weight excluding hydrogens is 254 g/mol. The van der Waals surface area contributed by atoms with Crippen molar-refractivity contribution in [2.45, 2.75) is 26.1 Å². The van der Waals surface area contributed by atoms with Gasteiger partial charge in [0.2, 0.25) is 5.91 Å². The Kier molecular flexibility index (Phi) is 5.52. The van der Waals surface area contributed by atoms with E-state index in [1.165, 1.54) is 5.56 Å². The minimum absolute atomic E-state index is 0.119. The molecule has 1 amide bonds. The van der Waals surface area contributed by atoms with Gasteiger partial charge in [0.25, 0.3) is 0 Å². The van der Waals surface area contributed by atoms with Crippen molar-refractivity contribution in [2.75, 3.05) is 26.3 Å². The molecule has 0 bridgehead atoms. The van der Waals surface area contributed by atoms with Gasteiger partial charge in [0, 0.05) is 26.2 Å². The Hall–Kier alpha value is -1.43. The third-order valence-electron chi connectivity index (χ3n) is 3.48. The second-order valence-corrected chi connectivity index (χ2v) is 5.16. The first-order valence-corrected chi connectivity index (χ1v) is 7.07. The van der Waals surface area contributed by atoms with Crippen LogP contribution in [-0.4, -0.2) is 43.2 Å². The fourth-order valence-corrected chi connectivity index (χ4v) is 2.23. The molecule has 1 unspecified atom stereocenters. The van der Waals surface area contributed by atoms with E-state index in [2.05, 4.69) is 22.3 Å². The van der Waals surface area contributed by atoms with Crippen LogP contribution in [0.3, 0.4) is 0 Å². The summed E-state index contributed by atoms with van der Waals surface area (Å²) in [6, 6.07) is 7.73. The SMILES string of the molecule is CC(N)C(=O)NCc1ccccc1CN1CCOCC1. The van der Waals surface area contributed by atoms with Crippen LogP contribution >= 0.6 is 0 Å². The molecule has 2 rings (SSSR count). The molecule has 0 saturated carbocycles. The van der Waals surface area contributed by atoms with Crippen molar-refractivity contribution >= 4 is 5.91 Å². The molecule has 1 aromatic rings. The number of amides is 1. The van der Waals surface area contributed by atoms with Crippen LogP contribution in [0.15, 0.2) is 24.3 Å². The van der Waals surface area contributed by atoms with Gasteiger partial charge in [-0.15, -0.1) is 0 Å². The summed E-state index contributed by atoms with van der Waals surface area (Å²) in [5.41, 5.74) is 7.95. The van der Waals surface area contributed by atoms with Crippen LogP contribution in [-0.2, 0) is 22.6 Å². The van der Waals surface area contributed by atoms with Crippen LogP contribution in [0.4, 0.5) is 0 Å². The quantitative estimate of drug-likeness (QED) is 0.821. The monoisotopic (exact) mass is 277 g/mol. The molecule has 1 atom stereocenters. The van der Waals surface area contributed by atoms with Gasteiger partial charge in [-0.2, -0.15) is 0 Å². The predicted molar refractivity (Wildman–Crippen MR) is 78.0 cm³/mol. The van der Waals surface area contributed by atoms with Gasteiger partial charge in [0.15, 0.2) is 0 Å². The molecule has 5 nitrogen and oxygen atoms in total. The summed E-state index contributed by atoms with van der Waals surface area (Å²) in [6.07, 6.45) is 0. The van der Waals surface area contributed by atoms with Crippen LogP contribution in [0.5, 0.6) is 0 Å². The molecule has 0 radical (unpaired) electrons. The lowest BCUT2D eigenvalue weighted by Crippen LogP contribution is -2.38. The van der Waals surface area contributed by atoms with Gasteiger partial charge in [-0.05, 0) is 18.1 Å². The molecule has 0 aromatic heterocycles. The van der Waals surface area contributed by atoms with Crippen molar-refractivity contribution in [1.82, 2.24) is 10.2 Å². The predicted octanol–water partition coefficient (Wildman–Crippen LogP) is 0.482. The van der Waals surface area contributed by atoms with Crippen LogP contribution in [0.2, 0.25) is 0 Å². The Labute approximate surface area is 120 Å². The third kappa shape index (κ3) is 4.30. The molecule has 1 aliphatic rings. The zero-order chi connectivity index (χ0) is 14.4. The number of nitrogens with two attached hydrogens (primary N) is 1. The van der Waals surface area contributed by atoms with Crippen molar-refractivity contribution in [3.05, 3.63) is 35.4 Å². The summed E-state index contributed by atoms with van der Waals surface area (Å²) >= 11 is 0. The van der Waals surface area contributed by atoms with Crippen LogP contribution in [0, 0.1) is 0 Å². The summed E-state index contributed by atoms with van der Waals surface area (Å²) in [5.74, 6) is -0.119. The maximum absolute atomic E-state index is 11.6. The van der Waals surface area contributed by atoms with Crippen molar-refractivity contribution in [2.24, 2.45) is 5.73 Å². The number of carbonyl (C=O) groups is 1. The number of hydrogen-bond donors (Lipinski definition) is 2. The van der Waals surface area contributed by atoms with Gasteiger partial charge in [-0.3, -0.25) is 9.69 Å². The summed E-state index contributed by atoms with van der Waals surface area (Å²) in [7, 11) is 0. The van der Waals surface area contributed by atoms with Gasteiger partial charge < -0.3 is 15.8 Å². The average Bonchev–Trinajstić information content (AvgIpc) is 2.47. The molecule has 0 aliphatic carbocycles. The zero-order valence-corrected chi connectivity index (χ0v) is 12.0. The normalized spacial score (nSPS) is 17.7. The Morgan fingerprint density at radius 2 is 2.00 bits per heavy atom. The molecule has 20 heavy (non-hydrogen) atoms. The number of nitrogens with one attached hydrogen (secondary N) is 1. The summed E-state index contributed by atoms with van der Waals surface area (Å²) in [5, 5.41) is 2.87. The second-order valence-electron chi connectivity index (χ2n) is 5.16. The molecule has 1 heterocycles. The number of hydrogen-bond acceptors (Lipinski definition) is 4. The molecule has 3 N–H and O–H groups in total. The van der Waals surface area contributed by atoms with Gasteiger partial charge in [0.1, 0.15) is 0 Å². The number of ether oxygens (including phenoxy) is 1. The summed E-state index contributed by atoms with van der Waals surface area (Å²) in [4.78, 5) is 13.9. The fourth-order valence-electron chi connectivity index (χ4n) is 2.23. The van der Waals surface area contributed by atoms with E-state index in [0.29, 0.717) is 6.54 Å². The lowest BCUT2D eigenvalue weighted by Gasteiger charge is -2.27. The van der Waals surface area contributed by atoms with Crippen molar-refractivity contribution in [1.29, 1.82) is 0 Å². The molecule has 1 saturated heterocycles. The largest absolute Gasteiger partial charge is 0.379 e. The maximum Gasteiger partial charge on any atom is 0.236 e. The first kappa shape index (κ1) is 15.0. The fraction of sp³-hybridized carbons (Fsp3) is 0.533. The topological polar surface area (TPSA) is 67.6 Å². The highest BCUT2D eigenvalue weighted by molar-refractivity contribution is 5.80. The minimum Gasteiger partial charge on any atom is -0.379 e. The van der Waals surface area contributed by atoms with Gasteiger partial charge in [-0.1, -0.05) is 24.3 Å². The van der Waals surface area contributed by atoms with Crippen LogP contribution in [0.25, 0.3) is 0 Å². The smallest absolute Gasteiger partial charge is 0.236 e. The van der Waals surface area contributed by atoms with E-state index in [4.69, 9.17) is 10.5 Å². The van der Waals surface area contributed by atoms with Gasteiger partial charge in [-0.25, -0.2) is 0 Å². The van der Waals surface area contributed by atoms with E-state index >= 15 is 0 Å². The Morgan fingerprint density at radius 3 is 2.65 bits per heavy atom. The van der Waals surface area contributed by atoms with E-state index in [-0.39, 0.29) is 5.91 Å². The van der Waals surface area contributed by atoms with E-state index in [9.17, 15) is 4.79 Å². The molecule has 0 spiro atoms. The summed E-state index contributed by atoms with van der Waals surface area (Å²) < 4.78 is 5.36. The lowest BCUT2D eigenvalue weighted by molar-refractivity contribution is -0.122. The van der Waals surface area contributed by atoms with E-state index in [1.807, 2.05) is 12.1 Å². The Bertz CT molecular complexity index is 442. The second kappa shape index (κ2) is 7.38. The minimum atomic E-state index is -0.471. The standard InChI is InChI=1S/C15H23N3O2/c1-12(16)15(19)17-10-13-4-2-3-5-14(13)11-18-6-8-20-9-7-18/h2-5,12H,6-11,16H2,1H3,(H,17,19). The Morgan fingerprint density at radius 1 is 1.35 bits per heavy atom. The number of benzene rings is 1. The molecule has 110 valence electrons. The highest BCUT2D eigenvalue weighted by Crippen LogP contribution is 2.12. The molecular formula is C15H23N3O2. The molecule has 1 fully saturated rings. The third-order valence-corrected chi connectivity index (χ3v) is 3.48. The van der Waals surface area contributed by atoms with Crippen molar-refractivity contribution in [3.63, 3.8) is 0 Å². The van der Waals surface area contributed by atoms with Crippen LogP contribution in [0.1, 0.15) is 18.1 Å². The molecule has 5 heteroatoms. The maximum atomic E-state index is 11.6. The number of carbonyl (C=O) groups excluding carboxylic acids is 1. The van der Waals surface area contributed by atoms with Crippen molar-refractivity contribution < 1.29 is 9.53 Å². The first-order valence-electron chi connectivity index (χ1n) is 7.07. The summed E-state index contributed by atoms with van der Waals surface area (Å²) in [6.45, 7) is 6.62. The average molecular weight is 277 g/mol. The number of nitrogens with zero attached hydrogens (tertiary/aromatic N) is 1. The number of rotatable bonds is 5. The Balaban J connectivity index is 1.96. The van der Waals surface area contributed by atoms with Gasteiger partial charge >= 0.3 is 0 Å². The highest BCUT2D eigenvalue weighted by atomic mass is 16.5. The molecule has 1 aliphatic heterocycles. The van der Waals surface area contributed by atoms with E-state index in [0.717, 1.165) is 38.4 Å². The van der Waals surface area contributed by atoms with Crippen molar-refractivity contribution in [3.8, 4) is 0 Å². The number of morpholine rings is 1. The van der Waals surface area contributed by atoms with Gasteiger partial charge in [0.05, 0.1) is 19.3 Å². The molecule has 1 aromatic carbocycles. The zero-order valence-electron chi connectivity index (χ0n) is 12.0. The first-order chi connectivity index (χ1) is 9.66. The highest BCUT2D eigenvalue weighted by Gasteiger charge is 2.13. The lowest BCUT2D eigenvalue weighted by atomic mass is 10.1. The van der Waals surface area contributed by atoms with E-state index < -0.39 is 6.04 Å².